The molecule has 0 spiro atoms. The molecule has 0 aromatic heterocycles. The van der Waals surface area contributed by atoms with Crippen molar-refractivity contribution in [3.05, 3.63) is 35.8 Å². The fourth-order valence-electron chi connectivity index (χ4n) is 1.07. The summed E-state index contributed by atoms with van der Waals surface area (Å²) < 4.78 is 0. The minimum atomic E-state index is 1.13. The fourth-order valence-corrected chi connectivity index (χ4v) is 1.07. The van der Waals surface area contributed by atoms with Crippen LogP contribution in [0.5, 0.6) is 0 Å². The van der Waals surface area contributed by atoms with Gasteiger partial charge in [0.05, 0.1) is 6.21 Å². The van der Waals surface area contributed by atoms with Crippen molar-refractivity contribution in [2.24, 2.45) is 5.10 Å². The van der Waals surface area contributed by atoms with E-state index in [1.807, 2.05) is 37.9 Å². The Morgan fingerprint density at radius 1 is 1.45 bits per heavy atom. The highest BCUT2D eigenvalue weighted by Gasteiger charge is 2.07. The Balaban J connectivity index is 2.36. The molecule has 0 atom stereocenters. The van der Waals surface area contributed by atoms with Crippen LogP contribution in [0.25, 0.3) is 0 Å². The highest BCUT2D eigenvalue weighted by atomic mass is 15.4. The van der Waals surface area contributed by atoms with Gasteiger partial charge in [0.25, 0.3) is 0 Å². The normalized spacial score (nSPS) is 20.3. The number of fused-ring (bicyclic) bond motifs is 1. The number of allylic oxidation sites excluding steroid dienone is 3. The summed E-state index contributed by atoms with van der Waals surface area (Å²) in [5, 5.41) is 8.90. The second kappa shape index (κ2) is 2.27. The first-order valence-electron chi connectivity index (χ1n) is 3.48. The van der Waals surface area contributed by atoms with E-state index in [4.69, 9.17) is 0 Å². The summed E-state index contributed by atoms with van der Waals surface area (Å²) in [6.07, 6.45) is 9.69. The first kappa shape index (κ1) is 6.22. The van der Waals surface area contributed by atoms with Crippen molar-refractivity contribution in [1.29, 1.82) is 0 Å². The molecule has 1 N–H and O–H groups in total. The van der Waals surface area contributed by atoms with Crippen molar-refractivity contribution in [1.82, 2.24) is 10.3 Å². The van der Waals surface area contributed by atoms with Gasteiger partial charge in [0.1, 0.15) is 0 Å². The summed E-state index contributed by atoms with van der Waals surface area (Å²) in [5.74, 6) is 0. The summed E-state index contributed by atoms with van der Waals surface area (Å²) in [5.41, 5.74) is 2.33. The van der Waals surface area contributed by atoms with E-state index < -0.39 is 0 Å². The Bertz CT molecular complexity index is 284. The van der Waals surface area contributed by atoms with Gasteiger partial charge < -0.3 is 5.32 Å². The molecule has 0 aromatic rings. The average Bonchev–Trinajstić information content (AvgIpc) is 2.04. The van der Waals surface area contributed by atoms with Gasteiger partial charge >= 0.3 is 0 Å². The maximum atomic E-state index is 4.10. The zero-order valence-corrected chi connectivity index (χ0v) is 6.28. The number of hydrogen-bond acceptors (Lipinski definition) is 3. The molecule has 0 unspecified atom stereocenters. The molecule has 2 rings (SSSR count). The zero-order chi connectivity index (χ0) is 7.68. The topological polar surface area (TPSA) is 27.6 Å². The Kier molecular flexibility index (Phi) is 1.28. The van der Waals surface area contributed by atoms with Crippen molar-refractivity contribution in [3.8, 4) is 0 Å². The van der Waals surface area contributed by atoms with Crippen LogP contribution in [-0.4, -0.2) is 18.3 Å². The Morgan fingerprint density at radius 3 is 3.27 bits per heavy atom. The maximum absolute atomic E-state index is 4.10. The number of nitrogens with zero attached hydrogens (tertiary/aromatic N) is 2. The summed E-state index contributed by atoms with van der Waals surface area (Å²) in [7, 11) is 1.91. The predicted octanol–water partition coefficient (Wildman–Crippen LogP) is 0.802. The molecule has 0 saturated carbocycles. The molecular weight excluding hydrogens is 138 g/mol. The first-order chi connectivity index (χ1) is 5.36. The van der Waals surface area contributed by atoms with Crippen LogP contribution < -0.4 is 5.32 Å². The van der Waals surface area contributed by atoms with E-state index in [2.05, 4.69) is 10.4 Å². The van der Waals surface area contributed by atoms with Crippen LogP contribution in [0.3, 0.4) is 0 Å². The lowest BCUT2D eigenvalue weighted by molar-refractivity contribution is 0.486. The monoisotopic (exact) mass is 147 g/mol. The smallest absolute Gasteiger partial charge is 0.0568 e. The van der Waals surface area contributed by atoms with Crippen molar-refractivity contribution in [3.63, 3.8) is 0 Å². The molecular formula is C8H9N3. The van der Waals surface area contributed by atoms with Crippen molar-refractivity contribution < 1.29 is 0 Å². The van der Waals surface area contributed by atoms with E-state index in [0.717, 1.165) is 5.57 Å². The molecule has 56 valence electrons. The highest BCUT2D eigenvalue weighted by Crippen LogP contribution is 2.16. The van der Waals surface area contributed by atoms with E-state index in [-0.39, 0.29) is 0 Å². The van der Waals surface area contributed by atoms with Gasteiger partial charge in [0, 0.05) is 36.8 Å². The first-order valence-corrected chi connectivity index (χ1v) is 3.48. The number of nitrogens with one attached hydrogen (secondary N) is 1. The van der Waals surface area contributed by atoms with E-state index in [0.29, 0.717) is 0 Å². The molecule has 0 bridgehead atoms. The van der Waals surface area contributed by atoms with E-state index >= 15 is 0 Å². The third-order valence-corrected chi connectivity index (χ3v) is 1.64. The van der Waals surface area contributed by atoms with Crippen molar-refractivity contribution in [2.45, 2.75) is 0 Å². The molecule has 2 heterocycles. The minimum absolute atomic E-state index is 1.13. The number of rotatable bonds is 0. The number of dihydropyridines is 1. The van der Waals surface area contributed by atoms with E-state index in [1.54, 1.807) is 5.01 Å². The van der Waals surface area contributed by atoms with Gasteiger partial charge in [0.2, 0.25) is 0 Å². The maximum Gasteiger partial charge on any atom is 0.0568 e. The number of hydrazone groups is 1. The lowest BCUT2D eigenvalue weighted by atomic mass is 10.1. The molecule has 0 aromatic carbocycles. The van der Waals surface area contributed by atoms with Crippen LogP contribution in [0.2, 0.25) is 0 Å². The summed E-state index contributed by atoms with van der Waals surface area (Å²) in [4.78, 5) is 0. The Hall–Kier alpha value is -1.51. The van der Waals surface area contributed by atoms with Crippen LogP contribution in [0.15, 0.2) is 40.9 Å². The zero-order valence-electron chi connectivity index (χ0n) is 6.28. The van der Waals surface area contributed by atoms with Crippen molar-refractivity contribution >= 4 is 6.21 Å². The molecule has 2 aliphatic heterocycles. The third kappa shape index (κ3) is 1.05. The quantitative estimate of drug-likeness (QED) is 0.549. The lowest BCUT2D eigenvalue weighted by Gasteiger charge is -2.17. The molecule has 3 nitrogen and oxygen atoms in total. The van der Waals surface area contributed by atoms with Crippen LogP contribution >= 0.6 is 0 Å². The standard InChI is InChI=1S/C8H9N3/c1-11-6-7-2-3-9-4-8(7)5-10-11/h2-6,9H,1H3. The highest BCUT2D eigenvalue weighted by molar-refractivity contribution is 5.87. The van der Waals surface area contributed by atoms with Gasteiger partial charge in [-0.05, 0) is 6.08 Å². The molecule has 0 radical (unpaired) electrons. The largest absolute Gasteiger partial charge is 0.367 e. The molecule has 0 aliphatic carbocycles. The Morgan fingerprint density at radius 2 is 2.36 bits per heavy atom. The Labute approximate surface area is 65.4 Å². The number of hydrogen-bond donors (Lipinski definition) is 1. The average molecular weight is 147 g/mol. The second-order valence-electron chi connectivity index (χ2n) is 2.50. The van der Waals surface area contributed by atoms with E-state index in [1.165, 1.54) is 5.57 Å². The van der Waals surface area contributed by atoms with Crippen LogP contribution in [0.4, 0.5) is 0 Å². The van der Waals surface area contributed by atoms with Gasteiger partial charge in [-0.25, -0.2) is 0 Å². The molecule has 3 heteroatoms. The third-order valence-electron chi connectivity index (χ3n) is 1.64. The summed E-state index contributed by atoms with van der Waals surface area (Å²) in [6.45, 7) is 0. The SMILES string of the molecule is CN1C=C2C=CNC=C2C=N1. The van der Waals surface area contributed by atoms with Gasteiger partial charge in [-0.1, -0.05) is 0 Å². The van der Waals surface area contributed by atoms with Crippen LogP contribution in [-0.2, 0) is 0 Å². The predicted molar refractivity (Wildman–Crippen MR) is 44.7 cm³/mol. The second-order valence-corrected chi connectivity index (χ2v) is 2.50. The fraction of sp³-hybridized carbons (Fsp3) is 0.125. The van der Waals surface area contributed by atoms with Crippen molar-refractivity contribution in [2.75, 3.05) is 7.05 Å². The lowest BCUT2D eigenvalue weighted by Crippen LogP contribution is -2.14. The molecule has 2 aliphatic rings. The molecule has 0 fully saturated rings. The van der Waals surface area contributed by atoms with Crippen LogP contribution in [0.1, 0.15) is 0 Å². The molecule has 0 saturated heterocycles. The summed E-state index contributed by atoms with van der Waals surface area (Å²) in [6, 6.07) is 0. The van der Waals surface area contributed by atoms with Gasteiger partial charge in [-0.3, -0.25) is 5.01 Å². The molecule has 0 amide bonds. The van der Waals surface area contributed by atoms with Gasteiger partial charge in [0.15, 0.2) is 0 Å². The van der Waals surface area contributed by atoms with Gasteiger partial charge in [-0.15, -0.1) is 0 Å². The van der Waals surface area contributed by atoms with Gasteiger partial charge in [-0.2, -0.15) is 5.10 Å². The summed E-state index contributed by atoms with van der Waals surface area (Å²) >= 11 is 0. The molecule has 11 heavy (non-hydrogen) atoms. The van der Waals surface area contributed by atoms with E-state index in [9.17, 15) is 0 Å². The minimum Gasteiger partial charge on any atom is -0.367 e. The van der Waals surface area contributed by atoms with Crippen LogP contribution in [0, 0.1) is 0 Å².